The van der Waals surface area contributed by atoms with Crippen LogP contribution < -0.4 is 5.32 Å². The number of alkyl halides is 3. The van der Waals surface area contributed by atoms with Crippen molar-refractivity contribution in [3.05, 3.63) is 64.5 Å². The van der Waals surface area contributed by atoms with Gasteiger partial charge in [0.25, 0.3) is 0 Å². The molecular formula is C27H32F3N3O3. The number of nitrogens with zero attached hydrogens (tertiary/aromatic N) is 2. The molecule has 0 bridgehead atoms. The van der Waals surface area contributed by atoms with Crippen molar-refractivity contribution in [2.24, 2.45) is 11.3 Å². The largest absolute Gasteiger partial charge is 0.465 e. The molecular weight excluding hydrogens is 471 g/mol. The molecule has 0 spiro atoms. The second-order valence-corrected chi connectivity index (χ2v) is 10.1. The molecule has 2 aliphatic rings. The molecule has 1 aliphatic heterocycles. The highest BCUT2D eigenvalue weighted by Gasteiger charge is 2.49. The van der Waals surface area contributed by atoms with Crippen LogP contribution in [0.5, 0.6) is 0 Å². The third kappa shape index (κ3) is 5.26. The Labute approximate surface area is 209 Å². The first-order valence-electron chi connectivity index (χ1n) is 12.3. The van der Waals surface area contributed by atoms with Crippen LogP contribution in [0.15, 0.2) is 36.5 Å². The molecule has 1 aromatic heterocycles. The molecule has 4 rings (SSSR count). The van der Waals surface area contributed by atoms with Crippen LogP contribution in [-0.4, -0.2) is 41.5 Å². The highest BCUT2D eigenvalue weighted by molar-refractivity contribution is 5.89. The number of hydrogen-bond donors (Lipinski definition) is 1. The van der Waals surface area contributed by atoms with Gasteiger partial charge in [0.2, 0.25) is 5.91 Å². The smallest absolute Gasteiger partial charge is 0.417 e. The van der Waals surface area contributed by atoms with Gasteiger partial charge in [0.15, 0.2) is 0 Å². The summed E-state index contributed by atoms with van der Waals surface area (Å²) in [5.74, 6) is -0.291. The lowest BCUT2D eigenvalue weighted by Gasteiger charge is -2.39. The lowest BCUT2D eigenvalue weighted by molar-refractivity contribution is -0.145. The molecule has 2 atom stereocenters. The van der Waals surface area contributed by atoms with E-state index in [4.69, 9.17) is 4.74 Å². The molecule has 1 N–H and O–H groups in total. The van der Waals surface area contributed by atoms with Crippen molar-refractivity contribution < 1.29 is 27.5 Å². The average Bonchev–Trinajstić information content (AvgIpc) is 3.31. The number of ether oxygens (including phenoxy) is 1. The van der Waals surface area contributed by atoms with E-state index >= 15 is 0 Å². The summed E-state index contributed by atoms with van der Waals surface area (Å²) in [5.41, 5.74) is 1.19. The van der Waals surface area contributed by atoms with Crippen LogP contribution >= 0.6 is 0 Å². The Hall–Kier alpha value is -2.94. The molecule has 1 amide bonds. The van der Waals surface area contributed by atoms with E-state index in [9.17, 15) is 22.8 Å². The lowest BCUT2D eigenvalue weighted by atomic mass is 9.74. The maximum atomic E-state index is 13.8. The number of pyridine rings is 1. The van der Waals surface area contributed by atoms with Crippen molar-refractivity contribution in [2.75, 3.05) is 13.7 Å². The van der Waals surface area contributed by atoms with Gasteiger partial charge in [-0.2, -0.15) is 13.2 Å². The number of aromatic nitrogens is 1. The number of carbonyl (C=O) groups excluding carboxylic acids is 2. The molecule has 2 aromatic rings. The Morgan fingerprint density at radius 2 is 2.06 bits per heavy atom. The number of rotatable bonds is 6. The predicted molar refractivity (Wildman–Crippen MR) is 128 cm³/mol. The highest BCUT2D eigenvalue weighted by atomic mass is 19.4. The molecule has 0 radical (unpaired) electrons. The van der Waals surface area contributed by atoms with E-state index in [1.165, 1.54) is 7.11 Å². The number of hydrogen-bond acceptors (Lipinski definition) is 5. The highest BCUT2D eigenvalue weighted by Crippen LogP contribution is 2.46. The van der Waals surface area contributed by atoms with Gasteiger partial charge in [-0.25, -0.2) is 4.79 Å². The fourth-order valence-corrected chi connectivity index (χ4v) is 5.47. The number of nitrogens with one attached hydrogen (secondary N) is 1. The van der Waals surface area contributed by atoms with E-state index in [1.807, 2.05) is 26.0 Å². The standard InChI is InChI=1S/C27H32F3N3O3/c1-17(2)26(9-7-22(13-26)31-14-18-5-4-6-19(11-18)24(34)36-3)25(35)33-10-8-23-20(16-33)12-21(15-32-23)27(28,29)30/h4-6,11-12,15,17,22,31H,7-10,13-14,16H2,1-3H3/t22-,26+/m1/s1. The summed E-state index contributed by atoms with van der Waals surface area (Å²) in [6, 6.07) is 8.50. The average molecular weight is 504 g/mol. The normalized spacial score (nSPS) is 22.0. The predicted octanol–water partition coefficient (Wildman–Crippen LogP) is 4.76. The summed E-state index contributed by atoms with van der Waals surface area (Å²) in [4.78, 5) is 31.4. The van der Waals surface area contributed by atoms with Crippen molar-refractivity contribution >= 4 is 11.9 Å². The number of fused-ring (bicyclic) bond motifs is 1. The second kappa shape index (κ2) is 10.2. The van der Waals surface area contributed by atoms with Gasteiger partial charge in [-0.05, 0) is 54.5 Å². The van der Waals surface area contributed by atoms with Crippen molar-refractivity contribution in [1.82, 2.24) is 15.2 Å². The van der Waals surface area contributed by atoms with E-state index < -0.39 is 17.2 Å². The molecule has 36 heavy (non-hydrogen) atoms. The summed E-state index contributed by atoms with van der Waals surface area (Å²) in [6.07, 6.45) is -0.942. The van der Waals surface area contributed by atoms with Crippen molar-refractivity contribution in [2.45, 2.75) is 64.8 Å². The molecule has 6 nitrogen and oxygen atoms in total. The molecule has 0 saturated heterocycles. The van der Waals surface area contributed by atoms with Crippen LogP contribution in [0.25, 0.3) is 0 Å². The second-order valence-electron chi connectivity index (χ2n) is 10.1. The van der Waals surface area contributed by atoms with Gasteiger partial charge in [0, 0.05) is 44.0 Å². The van der Waals surface area contributed by atoms with Gasteiger partial charge in [0.05, 0.1) is 23.7 Å². The zero-order valence-electron chi connectivity index (χ0n) is 20.8. The third-order valence-electron chi connectivity index (χ3n) is 7.68. The first-order chi connectivity index (χ1) is 17.0. The van der Waals surface area contributed by atoms with Gasteiger partial charge >= 0.3 is 12.1 Å². The summed E-state index contributed by atoms with van der Waals surface area (Å²) in [7, 11) is 1.35. The number of amides is 1. The summed E-state index contributed by atoms with van der Waals surface area (Å²) in [6.45, 7) is 5.25. The van der Waals surface area contributed by atoms with E-state index in [0.717, 1.165) is 24.2 Å². The van der Waals surface area contributed by atoms with Crippen molar-refractivity contribution in [3.63, 3.8) is 0 Å². The Morgan fingerprint density at radius 1 is 1.28 bits per heavy atom. The maximum absolute atomic E-state index is 13.8. The van der Waals surface area contributed by atoms with Crippen molar-refractivity contribution in [1.29, 1.82) is 0 Å². The van der Waals surface area contributed by atoms with Gasteiger partial charge in [-0.15, -0.1) is 0 Å². The molecule has 0 unspecified atom stereocenters. The molecule has 1 fully saturated rings. The maximum Gasteiger partial charge on any atom is 0.417 e. The zero-order valence-corrected chi connectivity index (χ0v) is 20.8. The quantitative estimate of drug-likeness (QED) is 0.576. The van der Waals surface area contributed by atoms with E-state index in [-0.39, 0.29) is 30.4 Å². The number of methoxy groups -OCH3 is 1. The lowest BCUT2D eigenvalue weighted by Crippen LogP contribution is -2.48. The first-order valence-corrected chi connectivity index (χ1v) is 12.3. The summed E-state index contributed by atoms with van der Waals surface area (Å²) in [5, 5.41) is 3.53. The van der Waals surface area contributed by atoms with Crippen LogP contribution in [-0.2, 0) is 35.2 Å². The van der Waals surface area contributed by atoms with Crippen LogP contribution in [0.4, 0.5) is 13.2 Å². The SMILES string of the molecule is COC(=O)c1cccc(CN[C@@H]2CC[C@@](C(=O)N3CCc4ncc(C(F)(F)F)cc4C3)(C(C)C)C2)c1. The Bertz CT molecular complexity index is 1130. The number of carbonyl (C=O) groups is 2. The van der Waals surface area contributed by atoms with Crippen LogP contribution in [0, 0.1) is 11.3 Å². The van der Waals surface area contributed by atoms with Crippen LogP contribution in [0.2, 0.25) is 0 Å². The first kappa shape index (κ1) is 26.1. The molecule has 194 valence electrons. The Kier molecular flexibility index (Phi) is 7.41. The molecule has 1 aliphatic carbocycles. The third-order valence-corrected chi connectivity index (χ3v) is 7.68. The van der Waals surface area contributed by atoms with Crippen LogP contribution in [0.1, 0.15) is 65.9 Å². The van der Waals surface area contributed by atoms with Gasteiger partial charge in [-0.1, -0.05) is 26.0 Å². The van der Waals surface area contributed by atoms with E-state index in [1.54, 1.807) is 17.0 Å². The van der Waals surface area contributed by atoms with Crippen LogP contribution in [0.3, 0.4) is 0 Å². The molecule has 1 aromatic carbocycles. The summed E-state index contributed by atoms with van der Waals surface area (Å²) < 4.78 is 44.4. The monoisotopic (exact) mass is 503 g/mol. The molecule has 2 heterocycles. The Morgan fingerprint density at radius 3 is 2.75 bits per heavy atom. The molecule has 9 heteroatoms. The topological polar surface area (TPSA) is 71.5 Å². The number of halogens is 3. The summed E-state index contributed by atoms with van der Waals surface area (Å²) >= 11 is 0. The van der Waals surface area contributed by atoms with Gasteiger partial charge in [0.1, 0.15) is 0 Å². The van der Waals surface area contributed by atoms with Crippen molar-refractivity contribution in [3.8, 4) is 0 Å². The fourth-order valence-electron chi connectivity index (χ4n) is 5.47. The minimum absolute atomic E-state index is 0.0116. The fraction of sp³-hybridized carbons (Fsp3) is 0.519. The number of benzene rings is 1. The van der Waals surface area contributed by atoms with Gasteiger partial charge < -0.3 is 15.0 Å². The zero-order chi connectivity index (χ0) is 26.1. The molecule has 1 saturated carbocycles. The Balaban J connectivity index is 1.44. The van der Waals surface area contributed by atoms with Gasteiger partial charge in [-0.3, -0.25) is 9.78 Å². The minimum Gasteiger partial charge on any atom is -0.465 e. The van der Waals surface area contributed by atoms with E-state index in [2.05, 4.69) is 10.3 Å². The minimum atomic E-state index is -4.46. The number of esters is 1. The van der Waals surface area contributed by atoms with E-state index in [0.29, 0.717) is 49.2 Å².